The molecule has 0 aromatic carbocycles. The largest absolute Gasteiger partial charge is 0.313 e. The zero-order chi connectivity index (χ0) is 8.32. The normalized spacial score (nSPS) is 21.8. The van der Waals surface area contributed by atoms with Crippen LogP contribution in [0.1, 0.15) is 26.7 Å². The molecule has 2 heteroatoms. The molecule has 1 fully saturated rings. The molecule has 1 N–H and O–H groups in total. The van der Waals surface area contributed by atoms with E-state index >= 15 is 0 Å². The van der Waals surface area contributed by atoms with Crippen LogP contribution in [0.5, 0.6) is 0 Å². The molecule has 0 spiro atoms. The maximum atomic E-state index is 3.35. The molecule has 0 saturated carbocycles. The van der Waals surface area contributed by atoms with Gasteiger partial charge in [-0.2, -0.15) is 0 Å². The summed E-state index contributed by atoms with van der Waals surface area (Å²) in [6, 6.07) is 0. The third kappa shape index (κ3) is 1.57. The molecular weight excluding hydrogens is 136 g/mol. The molecule has 0 aliphatic carbocycles. The molecule has 0 aromatic rings. The molecule has 66 valence electrons. The van der Waals surface area contributed by atoms with E-state index in [9.17, 15) is 0 Å². The van der Waals surface area contributed by atoms with E-state index in [-0.39, 0.29) is 0 Å². The molecular formula is C9H20N2. The van der Waals surface area contributed by atoms with E-state index in [1.165, 1.54) is 32.5 Å². The summed E-state index contributed by atoms with van der Waals surface area (Å²) in [5.74, 6) is 0. The van der Waals surface area contributed by atoms with E-state index in [1.54, 1.807) is 0 Å². The highest BCUT2D eigenvalue weighted by atomic mass is 15.3. The van der Waals surface area contributed by atoms with Crippen molar-refractivity contribution in [3.63, 3.8) is 0 Å². The highest BCUT2D eigenvalue weighted by Gasteiger charge is 2.38. The first kappa shape index (κ1) is 9.01. The van der Waals surface area contributed by atoms with Gasteiger partial charge in [0.15, 0.2) is 0 Å². The van der Waals surface area contributed by atoms with Gasteiger partial charge in [0, 0.05) is 18.6 Å². The second-order valence-electron chi connectivity index (χ2n) is 3.60. The highest BCUT2D eigenvalue weighted by Crippen LogP contribution is 2.22. The maximum Gasteiger partial charge on any atom is 0.0452 e. The van der Waals surface area contributed by atoms with E-state index in [4.69, 9.17) is 0 Å². The van der Waals surface area contributed by atoms with E-state index in [0.29, 0.717) is 5.54 Å². The Hall–Kier alpha value is -0.0800. The molecule has 2 nitrogen and oxygen atoms in total. The van der Waals surface area contributed by atoms with Crippen molar-refractivity contribution in [2.45, 2.75) is 32.2 Å². The second-order valence-corrected chi connectivity index (χ2v) is 3.60. The van der Waals surface area contributed by atoms with E-state index < -0.39 is 0 Å². The topological polar surface area (TPSA) is 15.3 Å². The van der Waals surface area contributed by atoms with Crippen molar-refractivity contribution < 1.29 is 0 Å². The fourth-order valence-corrected chi connectivity index (χ4v) is 1.78. The monoisotopic (exact) mass is 156 g/mol. The van der Waals surface area contributed by atoms with Crippen molar-refractivity contribution in [1.82, 2.24) is 10.2 Å². The van der Waals surface area contributed by atoms with Crippen LogP contribution in [0.2, 0.25) is 0 Å². The van der Waals surface area contributed by atoms with Crippen LogP contribution < -0.4 is 5.32 Å². The number of hydrogen-bond acceptors (Lipinski definition) is 2. The third-order valence-corrected chi connectivity index (χ3v) is 2.93. The highest BCUT2D eigenvalue weighted by molar-refractivity contribution is 4.99. The van der Waals surface area contributed by atoms with Crippen LogP contribution in [-0.4, -0.2) is 37.1 Å². The van der Waals surface area contributed by atoms with Crippen molar-refractivity contribution in [3.8, 4) is 0 Å². The van der Waals surface area contributed by atoms with Crippen molar-refractivity contribution in [2.24, 2.45) is 0 Å². The Balaban J connectivity index is 2.40. The average molecular weight is 156 g/mol. The van der Waals surface area contributed by atoms with Gasteiger partial charge in [-0.1, -0.05) is 13.8 Å². The summed E-state index contributed by atoms with van der Waals surface area (Å²) < 4.78 is 0. The molecule has 1 aliphatic heterocycles. The summed E-state index contributed by atoms with van der Waals surface area (Å²) in [6.07, 6.45) is 2.54. The molecule has 1 aliphatic rings. The van der Waals surface area contributed by atoms with Gasteiger partial charge in [0.2, 0.25) is 0 Å². The molecule has 1 rings (SSSR count). The minimum Gasteiger partial charge on any atom is -0.313 e. The first-order valence-electron chi connectivity index (χ1n) is 4.67. The number of nitrogens with one attached hydrogen (secondary N) is 1. The predicted molar refractivity (Wildman–Crippen MR) is 48.8 cm³/mol. The number of hydrogen-bond donors (Lipinski definition) is 1. The molecule has 1 saturated heterocycles. The lowest BCUT2D eigenvalue weighted by atomic mass is 9.87. The predicted octanol–water partition coefficient (Wildman–Crippen LogP) is 1.08. The Morgan fingerprint density at radius 1 is 1.36 bits per heavy atom. The van der Waals surface area contributed by atoms with Crippen LogP contribution in [0.3, 0.4) is 0 Å². The van der Waals surface area contributed by atoms with Gasteiger partial charge in [0.05, 0.1) is 0 Å². The van der Waals surface area contributed by atoms with Gasteiger partial charge in [-0.25, -0.2) is 0 Å². The van der Waals surface area contributed by atoms with Crippen molar-refractivity contribution in [2.75, 3.05) is 26.7 Å². The van der Waals surface area contributed by atoms with Gasteiger partial charge in [-0.3, -0.25) is 4.90 Å². The van der Waals surface area contributed by atoms with E-state index in [0.717, 1.165) is 0 Å². The standard InChI is InChI=1S/C9H20N2/c1-4-6-11(3)9(5-2)7-10-8-9/h10H,4-8H2,1-3H3. The first-order valence-corrected chi connectivity index (χ1v) is 4.67. The van der Waals surface area contributed by atoms with Gasteiger partial charge in [-0.15, -0.1) is 0 Å². The Morgan fingerprint density at radius 3 is 2.27 bits per heavy atom. The van der Waals surface area contributed by atoms with Crippen LogP contribution in [0.4, 0.5) is 0 Å². The Morgan fingerprint density at radius 2 is 2.00 bits per heavy atom. The fourth-order valence-electron chi connectivity index (χ4n) is 1.78. The molecule has 0 radical (unpaired) electrons. The van der Waals surface area contributed by atoms with Crippen LogP contribution >= 0.6 is 0 Å². The SMILES string of the molecule is CCCN(C)C1(CC)CNC1. The molecule has 1 heterocycles. The summed E-state index contributed by atoms with van der Waals surface area (Å²) >= 11 is 0. The van der Waals surface area contributed by atoms with Crippen LogP contribution in [0.25, 0.3) is 0 Å². The first-order chi connectivity index (χ1) is 5.25. The quantitative estimate of drug-likeness (QED) is 0.655. The summed E-state index contributed by atoms with van der Waals surface area (Å²) in [4.78, 5) is 2.50. The minimum absolute atomic E-state index is 0.496. The molecule has 0 amide bonds. The molecule has 0 aromatic heterocycles. The van der Waals surface area contributed by atoms with Crippen LogP contribution in [-0.2, 0) is 0 Å². The lowest BCUT2D eigenvalue weighted by Gasteiger charge is -2.49. The van der Waals surface area contributed by atoms with Gasteiger partial charge in [-0.05, 0) is 26.4 Å². The summed E-state index contributed by atoms with van der Waals surface area (Å²) in [7, 11) is 2.24. The van der Waals surface area contributed by atoms with Gasteiger partial charge in [0.25, 0.3) is 0 Å². The third-order valence-electron chi connectivity index (χ3n) is 2.93. The van der Waals surface area contributed by atoms with Crippen molar-refractivity contribution >= 4 is 0 Å². The zero-order valence-corrected chi connectivity index (χ0v) is 7.98. The van der Waals surface area contributed by atoms with Gasteiger partial charge >= 0.3 is 0 Å². The van der Waals surface area contributed by atoms with Gasteiger partial charge in [0.1, 0.15) is 0 Å². The maximum absolute atomic E-state index is 3.35. The molecule has 11 heavy (non-hydrogen) atoms. The summed E-state index contributed by atoms with van der Waals surface area (Å²) in [5, 5.41) is 3.35. The Bertz CT molecular complexity index is 113. The lowest BCUT2D eigenvalue weighted by molar-refractivity contribution is 0.0574. The zero-order valence-electron chi connectivity index (χ0n) is 7.98. The fraction of sp³-hybridized carbons (Fsp3) is 1.00. The number of likely N-dealkylation sites (N-methyl/N-ethyl adjacent to an activating group) is 1. The van der Waals surface area contributed by atoms with E-state index in [1.807, 2.05) is 0 Å². The van der Waals surface area contributed by atoms with Crippen molar-refractivity contribution in [3.05, 3.63) is 0 Å². The average Bonchev–Trinajstić information content (AvgIpc) is 1.87. The lowest BCUT2D eigenvalue weighted by Crippen LogP contribution is -2.67. The molecule has 0 bridgehead atoms. The van der Waals surface area contributed by atoms with Gasteiger partial charge < -0.3 is 5.32 Å². The summed E-state index contributed by atoms with van der Waals surface area (Å²) in [5.41, 5.74) is 0.496. The second kappa shape index (κ2) is 3.55. The minimum atomic E-state index is 0.496. The van der Waals surface area contributed by atoms with Crippen LogP contribution in [0.15, 0.2) is 0 Å². The van der Waals surface area contributed by atoms with Crippen LogP contribution in [0, 0.1) is 0 Å². The molecule has 0 atom stereocenters. The van der Waals surface area contributed by atoms with E-state index in [2.05, 4.69) is 31.1 Å². The Labute approximate surface area is 70.0 Å². The number of nitrogens with zero attached hydrogens (tertiary/aromatic N) is 1. The van der Waals surface area contributed by atoms with Crippen molar-refractivity contribution in [1.29, 1.82) is 0 Å². The molecule has 0 unspecified atom stereocenters. The smallest absolute Gasteiger partial charge is 0.0452 e. The Kier molecular flexibility index (Phi) is 2.90. The number of rotatable bonds is 4. The summed E-state index contributed by atoms with van der Waals surface area (Å²) in [6.45, 7) is 8.12.